The summed E-state index contributed by atoms with van der Waals surface area (Å²) in [6, 6.07) is 18.7. The summed E-state index contributed by atoms with van der Waals surface area (Å²) in [6.07, 6.45) is 1.08. The van der Waals surface area contributed by atoms with Crippen LogP contribution in [0.3, 0.4) is 0 Å². The van der Waals surface area contributed by atoms with Crippen LogP contribution in [0.5, 0.6) is 0 Å². The largest absolute Gasteiger partial charge is 0.299 e. The zero-order valence-electron chi connectivity index (χ0n) is 17.3. The summed E-state index contributed by atoms with van der Waals surface area (Å²) in [5, 5.41) is 0.462. The van der Waals surface area contributed by atoms with E-state index in [0.29, 0.717) is 36.6 Å². The highest BCUT2D eigenvalue weighted by molar-refractivity contribution is 7.92. The van der Waals surface area contributed by atoms with Crippen LogP contribution in [0.1, 0.15) is 18.4 Å². The molecule has 168 valence electrons. The standard InChI is InChI=1S/C24H23ClF2N2O2S/c25-18-9-11-21(12-10-18)32(30,31)29(19-5-2-1-3-6-19)20-13-15-28(16-14-20)17-22-23(26)7-4-8-24(22)27/h1-12,20H,13-17H2. The Balaban J connectivity index is 1.57. The van der Waals surface area contributed by atoms with Gasteiger partial charge in [-0.2, -0.15) is 0 Å². The van der Waals surface area contributed by atoms with E-state index in [9.17, 15) is 17.2 Å². The van der Waals surface area contributed by atoms with Gasteiger partial charge >= 0.3 is 0 Å². The SMILES string of the molecule is O=S(=O)(c1ccc(Cl)cc1)N(c1ccccc1)C1CCN(Cc2c(F)cccc2F)CC1. The van der Waals surface area contributed by atoms with Gasteiger partial charge in [-0.05, 0) is 61.4 Å². The molecule has 0 spiro atoms. The summed E-state index contributed by atoms with van der Waals surface area (Å²) in [4.78, 5) is 2.12. The van der Waals surface area contributed by atoms with Gasteiger partial charge in [-0.15, -0.1) is 0 Å². The molecular weight excluding hydrogens is 454 g/mol. The molecule has 3 aromatic carbocycles. The summed E-state index contributed by atoms with van der Waals surface area (Å²) in [5.41, 5.74) is 0.626. The molecule has 0 unspecified atom stereocenters. The normalized spacial score (nSPS) is 15.6. The number of hydrogen-bond donors (Lipinski definition) is 0. The fourth-order valence-corrected chi connectivity index (χ4v) is 5.90. The van der Waals surface area contributed by atoms with Crippen molar-refractivity contribution in [2.75, 3.05) is 17.4 Å². The summed E-state index contributed by atoms with van der Waals surface area (Å²) in [7, 11) is -3.82. The molecule has 0 aromatic heterocycles. The van der Waals surface area contributed by atoms with Gasteiger partial charge in [0.15, 0.2) is 0 Å². The van der Waals surface area contributed by atoms with Crippen LogP contribution in [0.2, 0.25) is 5.02 Å². The van der Waals surface area contributed by atoms with Crippen molar-refractivity contribution in [3.05, 3.63) is 95.0 Å². The van der Waals surface area contributed by atoms with Gasteiger partial charge in [0.05, 0.1) is 10.6 Å². The molecule has 1 aliphatic rings. The van der Waals surface area contributed by atoms with Crippen LogP contribution >= 0.6 is 11.6 Å². The Labute approximate surface area is 192 Å². The van der Waals surface area contributed by atoms with Crippen LogP contribution in [-0.4, -0.2) is 32.4 Å². The van der Waals surface area contributed by atoms with Crippen LogP contribution in [0, 0.1) is 11.6 Å². The zero-order valence-corrected chi connectivity index (χ0v) is 18.9. The Morgan fingerprint density at radius 1 is 0.875 bits per heavy atom. The molecule has 1 saturated heterocycles. The van der Waals surface area contributed by atoms with Gasteiger partial charge in [-0.1, -0.05) is 35.9 Å². The van der Waals surface area contributed by atoms with E-state index in [-0.39, 0.29) is 23.0 Å². The highest BCUT2D eigenvalue weighted by Gasteiger charge is 2.34. The number of anilines is 1. The molecule has 0 bridgehead atoms. The number of halogens is 3. The molecular formula is C24H23ClF2N2O2S. The molecule has 0 radical (unpaired) electrons. The van der Waals surface area contributed by atoms with E-state index in [1.165, 1.54) is 34.6 Å². The highest BCUT2D eigenvalue weighted by Crippen LogP contribution is 2.31. The third kappa shape index (κ3) is 4.80. The second kappa shape index (κ2) is 9.57. The van der Waals surface area contributed by atoms with Crippen molar-refractivity contribution in [1.29, 1.82) is 0 Å². The first kappa shape index (κ1) is 22.7. The van der Waals surface area contributed by atoms with Crippen molar-refractivity contribution in [1.82, 2.24) is 4.90 Å². The van der Waals surface area contributed by atoms with Crippen LogP contribution < -0.4 is 4.31 Å². The minimum Gasteiger partial charge on any atom is -0.299 e. The Morgan fingerprint density at radius 3 is 2.06 bits per heavy atom. The lowest BCUT2D eigenvalue weighted by molar-refractivity contribution is 0.202. The molecule has 0 amide bonds. The Kier molecular flexibility index (Phi) is 6.79. The first-order chi connectivity index (χ1) is 15.4. The summed E-state index contributed by atoms with van der Waals surface area (Å²) < 4.78 is 56.7. The fraction of sp³-hybridized carbons (Fsp3) is 0.250. The molecule has 1 fully saturated rings. The molecule has 1 aliphatic heterocycles. The Bertz CT molecular complexity index is 1150. The average molecular weight is 477 g/mol. The summed E-state index contributed by atoms with van der Waals surface area (Å²) in [5.74, 6) is -1.13. The minimum absolute atomic E-state index is 0.0413. The smallest absolute Gasteiger partial charge is 0.264 e. The number of sulfonamides is 1. The lowest BCUT2D eigenvalue weighted by Gasteiger charge is -2.39. The van der Waals surface area contributed by atoms with E-state index in [4.69, 9.17) is 11.6 Å². The fourth-order valence-electron chi connectivity index (χ4n) is 4.06. The monoisotopic (exact) mass is 476 g/mol. The lowest BCUT2D eigenvalue weighted by atomic mass is 10.0. The molecule has 3 aromatic rings. The molecule has 0 atom stereocenters. The van der Waals surface area contributed by atoms with Crippen molar-refractivity contribution >= 4 is 27.3 Å². The van der Waals surface area contributed by atoms with Gasteiger partial charge in [-0.3, -0.25) is 9.21 Å². The maximum atomic E-state index is 14.0. The van der Waals surface area contributed by atoms with Crippen molar-refractivity contribution < 1.29 is 17.2 Å². The van der Waals surface area contributed by atoms with Gasteiger partial charge in [0, 0.05) is 36.3 Å². The highest BCUT2D eigenvalue weighted by atomic mass is 35.5. The molecule has 4 nitrogen and oxygen atoms in total. The van der Waals surface area contributed by atoms with E-state index in [1.807, 2.05) is 11.0 Å². The quantitative estimate of drug-likeness (QED) is 0.473. The Morgan fingerprint density at radius 2 is 1.47 bits per heavy atom. The number of hydrogen-bond acceptors (Lipinski definition) is 3. The van der Waals surface area contributed by atoms with E-state index >= 15 is 0 Å². The van der Waals surface area contributed by atoms with E-state index in [0.717, 1.165) is 0 Å². The van der Waals surface area contributed by atoms with E-state index in [1.54, 1.807) is 36.4 Å². The van der Waals surface area contributed by atoms with E-state index < -0.39 is 21.7 Å². The number of rotatable bonds is 6. The molecule has 4 rings (SSSR count). The zero-order chi connectivity index (χ0) is 22.7. The van der Waals surface area contributed by atoms with Crippen molar-refractivity contribution in [3.8, 4) is 0 Å². The first-order valence-corrected chi connectivity index (χ1v) is 12.2. The molecule has 0 saturated carbocycles. The third-order valence-corrected chi connectivity index (χ3v) is 7.86. The molecule has 0 aliphatic carbocycles. The Hall–Kier alpha value is -2.48. The van der Waals surface area contributed by atoms with Gasteiger partial charge in [0.25, 0.3) is 10.0 Å². The van der Waals surface area contributed by atoms with Gasteiger partial charge < -0.3 is 0 Å². The number of nitrogens with zero attached hydrogens (tertiary/aromatic N) is 2. The minimum atomic E-state index is -3.82. The van der Waals surface area contributed by atoms with Crippen LogP contribution in [0.15, 0.2) is 77.7 Å². The summed E-state index contributed by atoms with van der Waals surface area (Å²) >= 11 is 5.94. The van der Waals surface area contributed by atoms with Gasteiger partial charge in [-0.25, -0.2) is 17.2 Å². The van der Waals surface area contributed by atoms with Crippen molar-refractivity contribution in [2.24, 2.45) is 0 Å². The summed E-state index contributed by atoms with van der Waals surface area (Å²) in [6.45, 7) is 1.20. The predicted octanol–water partition coefficient (Wildman–Crippen LogP) is 5.48. The predicted molar refractivity (Wildman–Crippen MR) is 122 cm³/mol. The second-order valence-corrected chi connectivity index (χ2v) is 10.0. The number of benzene rings is 3. The molecule has 8 heteroatoms. The van der Waals surface area contributed by atoms with Crippen LogP contribution in [0.4, 0.5) is 14.5 Å². The van der Waals surface area contributed by atoms with Crippen molar-refractivity contribution in [3.63, 3.8) is 0 Å². The topological polar surface area (TPSA) is 40.6 Å². The number of piperidine rings is 1. The van der Waals surface area contributed by atoms with E-state index in [2.05, 4.69) is 0 Å². The second-order valence-electron chi connectivity index (χ2n) is 7.80. The molecule has 32 heavy (non-hydrogen) atoms. The maximum absolute atomic E-state index is 14.0. The third-order valence-electron chi connectivity index (χ3n) is 5.71. The maximum Gasteiger partial charge on any atom is 0.264 e. The van der Waals surface area contributed by atoms with Gasteiger partial charge in [0.1, 0.15) is 11.6 Å². The average Bonchev–Trinajstić information content (AvgIpc) is 2.78. The number of likely N-dealkylation sites (tertiary alicyclic amines) is 1. The first-order valence-electron chi connectivity index (χ1n) is 10.4. The molecule has 0 N–H and O–H groups in total. The van der Waals surface area contributed by atoms with Crippen LogP contribution in [-0.2, 0) is 16.6 Å². The van der Waals surface area contributed by atoms with Crippen LogP contribution in [0.25, 0.3) is 0 Å². The number of para-hydroxylation sites is 1. The lowest BCUT2D eigenvalue weighted by Crippen LogP contribution is -2.47. The molecule has 1 heterocycles. The van der Waals surface area contributed by atoms with Crippen molar-refractivity contribution in [2.45, 2.75) is 30.3 Å². The van der Waals surface area contributed by atoms with Gasteiger partial charge in [0.2, 0.25) is 0 Å².